The predicted molar refractivity (Wildman–Crippen MR) is 142 cm³/mol. The Bertz CT molecular complexity index is 917. The number of carbonyl (C=O) groups excluding carboxylic acids is 1. The van der Waals surface area contributed by atoms with Gasteiger partial charge in [-0.1, -0.05) is 39.8 Å². The highest BCUT2D eigenvalue weighted by Gasteiger charge is 2.05. The second-order valence-corrected chi connectivity index (χ2v) is 7.76. The maximum Gasteiger partial charge on any atom is 0.234 e. The number of rotatable bonds is 8. The Morgan fingerprint density at radius 2 is 1.47 bits per heavy atom. The normalized spacial score (nSPS) is 9.41. The Balaban J connectivity index is 0.00000121. The third kappa shape index (κ3) is 9.58. The summed E-state index contributed by atoms with van der Waals surface area (Å²) in [6, 6.07) is 22.9. The Labute approximate surface area is 200 Å². The van der Waals surface area contributed by atoms with Crippen LogP contribution in [0.25, 0.3) is 0 Å². The molecule has 0 spiro atoms. The van der Waals surface area contributed by atoms with Crippen molar-refractivity contribution in [3.8, 4) is 5.75 Å². The zero-order valence-corrected chi connectivity index (χ0v) is 21.0. The molecular formula is C25H33N3O2S2. The zero-order valence-electron chi connectivity index (χ0n) is 19.3. The number of carbonyl (C=O) groups is 1. The topological polar surface area (TPSA) is 76.4 Å². The first-order chi connectivity index (χ1) is 15.6. The summed E-state index contributed by atoms with van der Waals surface area (Å²) in [4.78, 5) is 14.2. The van der Waals surface area contributed by atoms with Crippen LogP contribution in [0.4, 0.5) is 17.1 Å². The second kappa shape index (κ2) is 15.9. The summed E-state index contributed by atoms with van der Waals surface area (Å²) in [7, 11) is 1.65. The van der Waals surface area contributed by atoms with Crippen LogP contribution in [0.2, 0.25) is 0 Å². The van der Waals surface area contributed by atoms with E-state index < -0.39 is 0 Å². The van der Waals surface area contributed by atoms with Gasteiger partial charge in [-0.25, -0.2) is 0 Å². The first-order valence-corrected chi connectivity index (χ1v) is 12.4. The molecule has 0 fully saturated rings. The molecule has 0 unspecified atom stereocenters. The van der Waals surface area contributed by atoms with Gasteiger partial charge >= 0.3 is 0 Å². The summed E-state index contributed by atoms with van der Waals surface area (Å²) in [5.74, 6) is 1.09. The Kier molecular flexibility index (Phi) is 13.6. The van der Waals surface area contributed by atoms with Crippen LogP contribution in [0, 0.1) is 0 Å². The van der Waals surface area contributed by atoms with Crippen LogP contribution in [-0.4, -0.2) is 18.8 Å². The van der Waals surface area contributed by atoms with Crippen molar-refractivity contribution in [2.24, 2.45) is 0 Å². The van der Waals surface area contributed by atoms with Crippen molar-refractivity contribution in [1.82, 2.24) is 0 Å². The van der Waals surface area contributed by atoms with E-state index in [1.165, 1.54) is 23.7 Å². The largest absolute Gasteiger partial charge is 0.495 e. The second-order valence-electron chi connectivity index (χ2n) is 5.83. The summed E-state index contributed by atoms with van der Waals surface area (Å²) in [6.45, 7) is 8.00. The van der Waals surface area contributed by atoms with Crippen molar-refractivity contribution in [2.75, 3.05) is 28.6 Å². The van der Waals surface area contributed by atoms with Crippen LogP contribution in [0.15, 0.2) is 82.6 Å². The molecule has 0 saturated carbocycles. The molecule has 0 saturated heterocycles. The van der Waals surface area contributed by atoms with E-state index in [-0.39, 0.29) is 5.91 Å². The molecule has 7 heteroatoms. The molecule has 0 aromatic heterocycles. The van der Waals surface area contributed by atoms with Crippen molar-refractivity contribution in [3.63, 3.8) is 0 Å². The Hall–Kier alpha value is -2.77. The number of benzene rings is 3. The van der Waals surface area contributed by atoms with E-state index in [1.807, 2.05) is 100 Å². The van der Waals surface area contributed by atoms with Crippen molar-refractivity contribution in [3.05, 3.63) is 72.8 Å². The van der Waals surface area contributed by atoms with Gasteiger partial charge in [0.05, 0.1) is 18.6 Å². The van der Waals surface area contributed by atoms with Gasteiger partial charge in [-0.2, -0.15) is 0 Å². The molecule has 0 aliphatic heterocycles. The lowest BCUT2D eigenvalue weighted by molar-refractivity contribution is -0.113. The highest BCUT2D eigenvalue weighted by molar-refractivity contribution is 8.00. The molecule has 172 valence electrons. The molecule has 5 nitrogen and oxygen atoms in total. The van der Waals surface area contributed by atoms with Gasteiger partial charge in [-0.15, -0.1) is 11.8 Å². The van der Waals surface area contributed by atoms with Gasteiger partial charge in [0.1, 0.15) is 5.75 Å². The van der Waals surface area contributed by atoms with E-state index >= 15 is 0 Å². The lowest BCUT2D eigenvalue weighted by atomic mass is 10.3. The van der Waals surface area contributed by atoms with E-state index in [9.17, 15) is 4.79 Å². The summed E-state index contributed by atoms with van der Waals surface area (Å²) < 4.78 is 8.60. The number of nitrogens with two attached hydrogens (primary N) is 1. The first kappa shape index (κ1) is 27.3. The van der Waals surface area contributed by atoms with Crippen LogP contribution in [0.3, 0.4) is 0 Å². The summed E-state index contributed by atoms with van der Waals surface area (Å²) in [5, 5.41) is 2.91. The van der Waals surface area contributed by atoms with Gasteiger partial charge in [-0.05, 0) is 72.6 Å². The van der Waals surface area contributed by atoms with Gasteiger partial charge in [0.2, 0.25) is 5.91 Å². The summed E-state index contributed by atoms with van der Waals surface area (Å²) in [6.07, 6.45) is 0. The number of nitrogen functional groups attached to an aromatic ring is 1. The number of anilines is 3. The standard InChI is InChI=1S/C21H21N3O2S2.2C2H6/c1-26-20-5-3-2-4-19(20)24-28-18-12-8-16(9-13-18)23-21(25)14-27-17-10-6-15(22)7-11-17;2*1-2/h2-13,24H,14,22H2,1H3,(H,23,25);2*1-2H3. The third-order valence-electron chi connectivity index (χ3n) is 3.77. The average Bonchev–Trinajstić information content (AvgIpc) is 2.86. The molecule has 0 atom stereocenters. The summed E-state index contributed by atoms with van der Waals surface area (Å²) >= 11 is 2.96. The number of ether oxygens (including phenoxy) is 1. The van der Waals surface area contributed by atoms with Gasteiger partial charge in [-0.3, -0.25) is 4.79 Å². The van der Waals surface area contributed by atoms with Crippen molar-refractivity contribution in [1.29, 1.82) is 0 Å². The molecule has 4 N–H and O–H groups in total. The number of para-hydroxylation sites is 2. The minimum Gasteiger partial charge on any atom is -0.495 e. The maximum absolute atomic E-state index is 12.1. The van der Waals surface area contributed by atoms with Crippen molar-refractivity contribution < 1.29 is 9.53 Å². The molecule has 0 bridgehead atoms. The SMILES string of the molecule is CC.CC.COc1ccccc1NSc1ccc(NC(=O)CSc2ccc(N)cc2)cc1. The van der Waals surface area contributed by atoms with Crippen LogP contribution < -0.4 is 20.5 Å². The number of amides is 1. The molecule has 1 amide bonds. The number of hydrogen-bond donors (Lipinski definition) is 3. The lowest BCUT2D eigenvalue weighted by Crippen LogP contribution is -2.13. The van der Waals surface area contributed by atoms with Gasteiger partial charge < -0.3 is 20.5 Å². The van der Waals surface area contributed by atoms with Crippen molar-refractivity contribution in [2.45, 2.75) is 37.5 Å². The minimum absolute atomic E-state index is 0.0469. The number of nitrogens with one attached hydrogen (secondary N) is 2. The number of methoxy groups -OCH3 is 1. The van der Waals surface area contributed by atoms with Gasteiger partial charge in [0, 0.05) is 21.2 Å². The number of thioether (sulfide) groups is 1. The molecule has 32 heavy (non-hydrogen) atoms. The molecule has 3 rings (SSSR count). The minimum atomic E-state index is -0.0469. The average molecular weight is 472 g/mol. The van der Waals surface area contributed by atoms with Crippen molar-refractivity contribution >= 4 is 46.7 Å². The quantitative estimate of drug-likeness (QED) is 0.183. The fourth-order valence-corrected chi connectivity index (χ4v) is 3.73. The monoisotopic (exact) mass is 471 g/mol. The highest BCUT2D eigenvalue weighted by Crippen LogP contribution is 2.29. The van der Waals surface area contributed by atoms with Crippen LogP contribution >= 0.6 is 23.7 Å². The van der Waals surface area contributed by atoms with Crippen LogP contribution in [0.5, 0.6) is 5.75 Å². The molecule has 0 heterocycles. The molecular weight excluding hydrogens is 438 g/mol. The van der Waals surface area contributed by atoms with Gasteiger partial charge in [0.15, 0.2) is 0 Å². The van der Waals surface area contributed by atoms with E-state index in [2.05, 4.69) is 10.0 Å². The first-order valence-electron chi connectivity index (χ1n) is 10.6. The van der Waals surface area contributed by atoms with Crippen LogP contribution in [0.1, 0.15) is 27.7 Å². The van der Waals surface area contributed by atoms with E-state index in [1.54, 1.807) is 7.11 Å². The fourth-order valence-electron chi connectivity index (χ4n) is 2.36. The Morgan fingerprint density at radius 1 is 0.875 bits per heavy atom. The van der Waals surface area contributed by atoms with E-state index in [0.717, 1.165) is 26.9 Å². The molecule has 0 radical (unpaired) electrons. The van der Waals surface area contributed by atoms with Crippen LogP contribution in [-0.2, 0) is 4.79 Å². The summed E-state index contributed by atoms with van der Waals surface area (Å²) in [5.41, 5.74) is 8.06. The van der Waals surface area contributed by atoms with Gasteiger partial charge in [0.25, 0.3) is 0 Å². The highest BCUT2D eigenvalue weighted by atomic mass is 32.2. The Morgan fingerprint density at radius 3 is 2.09 bits per heavy atom. The smallest absolute Gasteiger partial charge is 0.234 e. The zero-order chi connectivity index (χ0) is 23.8. The maximum atomic E-state index is 12.1. The molecule has 3 aromatic rings. The lowest BCUT2D eigenvalue weighted by Gasteiger charge is -2.10. The number of hydrogen-bond acceptors (Lipinski definition) is 6. The molecule has 3 aromatic carbocycles. The van der Waals surface area contributed by atoms with E-state index in [0.29, 0.717) is 11.4 Å². The predicted octanol–water partition coefficient (Wildman–Crippen LogP) is 7.18. The fraction of sp³-hybridized carbons (Fsp3) is 0.240. The van der Waals surface area contributed by atoms with E-state index in [4.69, 9.17) is 10.5 Å². The molecule has 0 aliphatic carbocycles. The third-order valence-corrected chi connectivity index (χ3v) is 5.62. The molecule has 0 aliphatic rings.